The first-order chi connectivity index (χ1) is 12.7. The Hall–Kier alpha value is -0.560. The fourth-order valence-corrected chi connectivity index (χ4v) is 6.15. The molecular formula is C25H43N. The molecule has 26 heavy (non-hydrogen) atoms. The van der Waals surface area contributed by atoms with Crippen LogP contribution in [-0.4, -0.2) is 23.0 Å². The van der Waals surface area contributed by atoms with Crippen LogP contribution in [0.15, 0.2) is 24.3 Å². The maximum atomic E-state index is 2.99. The molecule has 148 valence electrons. The lowest BCUT2D eigenvalue weighted by molar-refractivity contribution is 0.000292. The van der Waals surface area contributed by atoms with E-state index in [2.05, 4.69) is 50.0 Å². The quantitative estimate of drug-likeness (QED) is 0.376. The van der Waals surface area contributed by atoms with Gasteiger partial charge in [-0.15, -0.1) is 0 Å². The van der Waals surface area contributed by atoms with Gasteiger partial charge in [-0.2, -0.15) is 0 Å². The van der Waals surface area contributed by atoms with Gasteiger partial charge in [-0.25, -0.2) is 0 Å². The van der Waals surface area contributed by atoms with Gasteiger partial charge in [-0.1, -0.05) is 89.5 Å². The van der Waals surface area contributed by atoms with Crippen LogP contribution in [-0.2, 0) is 0 Å². The zero-order chi connectivity index (χ0) is 18.4. The van der Waals surface area contributed by atoms with E-state index in [0.717, 1.165) is 17.9 Å². The topological polar surface area (TPSA) is 3.24 Å². The van der Waals surface area contributed by atoms with Crippen LogP contribution >= 0.6 is 0 Å². The average molecular weight is 358 g/mol. The Kier molecular flexibility index (Phi) is 7.44. The average Bonchev–Trinajstić information content (AvgIpc) is 3.34. The number of unbranched alkanes of at least 4 members (excludes halogenated alkanes) is 5. The van der Waals surface area contributed by atoms with Gasteiger partial charge in [0.15, 0.2) is 0 Å². The van der Waals surface area contributed by atoms with Gasteiger partial charge < -0.3 is 0 Å². The lowest BCUT2D eigenvalue weighted by atomic mass is 9.71. The third-order valence-electron chi connectivity index (χ3n) is 8.04. The summed E-state index contributed by atoms with van der Waals surface area (Å²) in [4.78, 5) is 2.99. The van der Waals surface area contributed by atoms with Crippen LogP contribution in [0.25, 0.3) is 0 Å². The van der Waals surface area contributed by atoms with Gasteiger partial charge in [-0.3, -0.25) is 4.90 Å². The zero-order valence-corrected chi connectivity index (χ0v) is 17.8. The molecule has 0 bridgehead atoms. The highest BCUT2D eigenvalue weighted by Gasteiger charge is 2.49. The third-order valence-corrected chi connectivity index (χ3v) is 8.04. The van der Waals surface area contributed by atoms with Crippen molar-refractivity contribution in [3.05, 3.63) is 24.3 Å². The summed E-state index contributed by atoms with van der Waals surface area (Å²) in [5, 5.41) is 0. The first-order valence-electron chi connectivity index (χ1n) is 11.8. The molecule has 1 aliphatic heterocycles. The number of hydrogen-bond acceptors (Lipinski definition) is 1. The zero-order valence-electron chi connectivity index (χ0n) is 17.8. The number of nitrogens with zero attached hydrogens (tertiary/aromatic N) is 1. The summed E-state index contributed by atoms with van der Waals surface area (Å²) in [6, 6.07) is 0.864. The van der Waals surface area contributed by atoms with Gasteiger partial charge in [-0.05, 0) is 51.0 Å². The van der Waals surface area contributed by atoms with Crippen LogP contribution in [0.4, 0.5) is 0 Å². The van der Waals surface area contributed by atoms with E-state index >= 15 is 0 Å². The predicted octanol–water partition coefficient (Wildman–Crippen LogP) is 7.14. The Bertz CT molecular complexity index is 467. The van der Waals surface area contributed by atoms with Gasteiger partial charge in [0, 0.05) is 17.5 Å². The minimum atomic E-state index is 0.309. The normalized spacial score (nSPS) is 29.8. The minimum Gasteiger partial charge on any atom is -0.294 e. The first-order valence-corrected chi connectivity index (χ1v) is 11.8. The van der Waals surface area contributed by atoms with E-state index in [1.54, 1.807) is 0 Å². The van der Waals surface area contributed by atoms with Gasteiger partial charge in [0.2, 0.25) is 0 Å². The van der Waals surface area contributed by atoms with Gasteiger partial charge in [0.1, 0.15) is 0 Å². The Morgan fingerprint density at radius 2 is 1.65 bits per heavy atom. The van der Waals surface area contributed by atoms with Crippen molar-refractivity contribution in [3.63, 3.8) is 0 Å². The van der Waals surface area contributed by atoms with Crippen LogP contribution in [0.2, 0.25) is 0 Å². The molecule has 1 saturated carbocycles. The highest BCUT2D eigenvalue weighted by molar-refractivity contribution is 5.24. The van der Waals surface area contributed by atoms with Gasteiger partial charge in [0.05, 0.1) is 0 Å². The summed E-state index contributed by atoms with van der Waals surface area (Å²) < 4.78 is 0. The molecule has 0 radical (unpaired) electrons. The van der Waals surface area contributed by atoms with E-state index < -0.39 is 0 Å². The number of rotatable bonds is 10. The standard InChI is InChI=1S/C25H43N/c1-4-5-6-7-8-9-14-21(2)25(3,23-16-11-12-17-23)26-20-19-22-15-10-13-18-24(22)26/h11-12,16-17,21-24H,4-10,13-15,18-20H2,1-3H3. The molecule has 1 nitrogen and oxygen atoms in total. The van der Waals surface area contributed by atoms with E-state index in [-0.39, 0.29) is 0 Å². The van der Waals surface area contributed by atoms with Crippen molar-refractivity contribution < 1.29 is 0 Å². The van der Waals surface area contributed by atoms with Crippen LogP contribution in [0.5, 0.6) is 0 Å². The molecule has 4 unspecified atom stereocenters. The lowest BCUT2D eigenvalue weighted by Gasteiger charge is -2.51. The maximum absolute atomic E-state index is 2.99. The molecular weight excluding hydrogens is 314 g/mol. The molecule has 0 aromatic carbocycles. The number of hydrogen-bond donors (Lipinski definition) is 0. The molecule has 4 atom stereocenters. The molecule has 0 N–H and O–H groups in total. The summed E-state index contributed by atoms with van der Waals surface area (Å²) in [6.45, 7) is 8.81. The molecule has 2 fully saturated rings. The first kappa shape index (κ1) is 20.2. The van der Waals surface area contributed by atoms with Crippen molar-refractivity contribution in [3.8, 4) is 0 Å². The summed E-state index contributed by atoms with van der Waals surface area (Å²) >= 11 is 0. The highest BCUT2D eigenvalue weighted by Crippen LogP contribution is 2.47. The molecule has 2 aliphatic carbocycles. The fraction of sp³-hybridized carbons (Fsp3) is 0.840. The van der Waals surface area contributed by atoms with Crippen molar-refractivity contribution in [2.24, 2.45) is 17.8 Å². The Labute approximate surface area is 163 Å². The Balaban J connectivity index is 1.64. The molecule has 1 saturated heterocycles. The summed E-state index contributed by atoms with van der Waals surface area (Å²) in [5.74, 6) is 2.36. The minimum absolute atomic E-state index is 0.309. The molecule has 1 heterocycles. The highest BCUT2D eigenvalue weighted by atomic mass is 15.3. The number of fused-ring (bicyclic) bond motifs is 1. The summed E-state index contributed by atoms with van der Waals surface area (Å²) in [7, 11) is 0. The van der Waals surface area contributed by atoms with Crippen molar-refractivity contribution >= 4 is 0 Å². The van der Waals surface area contributed by atoms with Crippen LogP contribution < -0.4 is 0 Å². The second-order valence-electron chi connectivity index (χ2n) is 9.57. The van der Waals surface area contributed by atoms with E-state index in [1.165, 1.54) is 83.6 Å². The summed E-state index contributed by atoms with van der Waals surface area (Å²) in [5.41, 5.74) is 0.309. The van der Waals surface area contributed by atoms with E-state index in [4.69, 9.17) is 0 Å². The molecule has 0 aromatic heterocycles. The van der Waals surface area contributed by atoms with Gasteiger partial charge >= 0.3 is 0 Å². The van der Waals surface area contributed by atoms with E-state index in [0.29, 0.717) is 11.5 Å². The monoisotopic (exact) mass is 357 g/mol. The maximum Gasteiger partial charge on any atom is 0.0307 e. The van der Waals surface area contributed by atoms with E-state index in [1.807, 2.05) is 0 Å². The van der Waals surface area contributed by atoms with Crippen molar-refractivity contribution in [2.45, 2.75) is 109 Å². The molecule has 0 amide bonds. The molecule has 3 rings (SSSR count). The Morgan fingerprint density at radius 3 is 2.42 bits per heavy atom. The van der Waals surface area contributed by atoms with E-state index in [9.17, 15) is 0 Å². The smallest absolute Gasteiger partial charge is 0.0307 e. The largest absolute Gasteiger partial charge is 0.294 e. The van der Waals surface area contributed by atoms with Crippen molar-refractivity contribution in [1.29, 1.82) is 0 Å². The lowest BCUT2D eigenvalue weighted by Crippen LogP contribution is -2.57. The third kappa shape index (κ3) is 4.29. The van der Waals surface area contributed by atoms with Gasteiger partial charge in [0.25, 0.3) is 0 Å². The number of likely N-dealkylation sites (tertiary alicyclic amines) is 1. The Morgan fingerprint density at radius 1 is 0.962 bits per heavy atom. The predicted molar refractivity (Wildman–Crippen MR) is 114 cm³/mol. The van der Waals surface area contributed by atoms with Crippen molar-refractivity contribution in [2.75, 3.05) is 6.54 Å². The molecule has 3 aliphatic rings. The van der Waals surface area contributed by atoms with Crippen LogP contribution in [0, 0.1) is 17.8 Å². The van der Waals surface area contributed by atoms with Crippen LogP contribution in [0.3, 0.4) is 0 Å². The summed E-state index contributed by atoms with van der Waals surface area (Å²) in [6.07, 6.45) is 26.7. The molecule has 0 spiro atoms. The fourth-order valence-electron chi connectivity index (χ4n) is 6.15. The molecule has 1 heteroatoms. The van der Waals surface area contributed by atoms with Crippen molar-refractivity contribution in [1.82, 2.24) is 4.90 Å². The van der Waals surface area contributed by atoms with Crippen LogP contribution in [0.1, 0.15) is 97.8 Å². The second-order valence-corrected chi connectivity index (χ2v) is 9.57. The molecule has 0 aromatic rings. The SMILES string of the molecule is CCCCCCCCC(C)C(C)(C1C=CC=C1)N1CCC2CCCCC21. The second kappa shape index (κ2) is 9.58. The number of allylic oxidation sites excluding steroid dienone is 2.